The Morgan fingerprint density at radius 1 is 0.914 bits per heavy atom. The van der Waals surface area contributed by atoms with E-state index in [-0.39, 0.29) is 28.0 Å². The van der Waals surface area contributed by atoms with Crippen molar-refractivity contribution in [1.82, 2.24) is 13.7 Å². The number of hydrogen-bond donors (Lipinski definition) is 2. The van der Waals surface area contributed by atoms with Gasteiger partial charge in [0.25, 0.3) is 11.1 Å². The summed E-state index contributed by atoms with van der Waals surface area (Å²) in [5.41, 5.74) is 0.160. The first-order chi connectivity index (χ1) is 16.5. The van der Waals surface area contributed by atoms with Gasteiger partial charge in [0.1, 0.15) is 27.8 Å². The molecule has 2 aromatic heterocycles. The molecule has 0 bridgehead atoms. The summed E-state index contributed by atoms with van der Waals surface area (Å²) < 4.78 is 32.4. The molecule has 0 saturated carbocycles. The van der Waals surface area contributed by atoms with E-state index >= 15 is 4.39 Å². The van der Waals surface area contributed by atoms with Gasteiger partial charge >= 0.3 is 5.69 Å². The van der Waals surface area contributed by atoms with Crippen molar-refractivity contribution < 1.29 is 8.60 Å². The summed E-state index contributed by atoms with van der Waals surface area (Å²) in [6.07, 6.45) is 1.49. The lowest BCUT2D eigenvalue weighted by molar-refractivity contribution is 0.608. The molecule has 0 aliphatic carbocycles. The molecule has 35 heavy (non-hydrogen) atoms. The molecule has 4 rings (SSSR count). The van der Waals surface area contributed by atoms with Crippen LogP contribution in [0.15, 0.2) is 56.8 Å². The van der Waals surface area contributed by atoms with Crippen LogP contribution in [0.2, 0.25) is 0 Å². The number of halogens is 1. The molecular formula is C24H24FN5O4S. The molecule has 0 saturated heterocycles. The smallest absolute Gasteiger partial charge is 0.337 e. The van der Waals surface area contributed by atoms with Gasteiger partial charge in [0.2, 0.25) is 0 Å². The number of nitrogens with zero attached hydrogens (tertiary/aromatic N) is 3. The minimum atomic E-state index is -1.30. The number of nitrogens with one attached hydrogen (secondary N) is 2. The average Bonchev–Trinajstić information content (AvgIpc) is 2.79. The van der Waals surface area contributed by atoms with Gasteiger partial charge in [-0.15, -0.1) is 0 Å². The van der Waals surface area contributed by atoms with Gasteiger partial charge in [-0.25, -0.2) is 18.0 Å². The SMILES string of the molecule is Cc1ccc(-n2c(=O)n(C)c(=O)c3c(Nc4cccc(NS(C)=O)c4)c(C)c(=O)n(C)c32)c(F)c1. The van der Waals surface area contributed by atoms with E-state index in [1.54, 1.807) is 44.2 Å². The maximum Gasteiger partial charge on any atom is 0.337 e. The van der Waals surface area contributed by atoms with E-state index in [0.29, 0.717) is 16.9 Å². The molecule has 2 aromatic carbocycles. The van der Waals surface area contributed by atoms with Gasteiger partial charge in [0.15, 0.2) is 0 Å². The predicted molar refractivity (Wildman–Crippen MR) is 137 cm³/mol. The molecule has 1 atom stereocenters. The number of aromatic nitrogens is 3. The minimum Gasteiger partial charge on any atom is -0.354 e. The Morgan fingerprint density at radius 2 is 1.60 bits per heavy atom. The van der Waals surface area contributed by atoms with E-state index in [0.717, 1.165) is 9.13 Å². The summed E-state index contributed by atoms with van der Waals surface area (Å²) in [6.45, 7) is 3.28. The molecule has 0 amide bonds. The summed E-state index contributed by atoms with van der Waals surface area (Å²) in [7, 11) is 1.44. The van der Waals surface area contributed by atoms with E-state index < -0.39 is 33.6 Å². The molecule has 182 valence electrons. The standard InChI is InChI=1S/C24H24FN5O4S/c1-13-9-10-18(17(25)11-13)30-21-19(23(32)29(4)24(30)33)20(14(2)22(31)28(21)3)26-15-7-6-8-16(12-15)27-35(5)34/h6-12,26-27H,1-5H3. The number of benzene rings is 2. The van der Waals surface area contributed by atoms with E-state index in [1.807, 2.05) is 0 Å². The van der Waals surface area contributed by atoms with Crippen molar-refractivity contribution in [1.29, 1.82) is 0 Å². The maximum atomic E-state index is 15.0. The van der Waals surface area contributed by atoms with Crippen LogP contribution in [-0.2, 0) is 25.1 Å². The number of anilines is 3. The Bertz CT molecular complexity index is 1700. The third-order valence-electron chi connectivity index (χ3n) is 5.74. The monoisotopic (exact) mass is 497 g/mol. The highest BCUT2D eigenvalue weighted by Gasteiger charge is 2.23. The minimum absolute atomic E-state index is 0.0390. The highest BCUT2D eigenvalue weighted by molar-refractivity contribution is 7.85. The Hall–Kier alpha value is -3.99. The Labute approximate surface area is 202 Å². The molecular weight excluding hydrogens is 473 g/mol. The van der Waals surface area contributed by atoms with Gasteiger partial charge < -0.3 is 10.0 Å². The second-order valence-electron chi connectivity index (χ2n) is 8.26. The van der Waals surface area contributed by atoms with Crippen molar-refractivity contribution in [3.63, 3.8) is 0 Å². The van der Waals surface area contributed by atoms with E-state index in [9.17, 15) is 18.6 Å². The molecule has 11 heteroatoms. The van der Waals surface area contributed by atoms with Gasteiger partial charge in [-0.05, 0) is 49.7 Å². The zero-order valence-electron chi connectivity index (χ0n) is 19.8. The van der Waals surface area contributed by atoms with Crippen LogP contribution in [-0.4, -0.2) is 24.2 Å². The van der Waals surface area contributed by atoms with Crippen molar-refractivity contribution >= 4 is 39.1 Å². The van der Waals surface area contributed by atoms with Gasteiger partial charge in [-0.2, -0.15) is 0 Å². The third kappa shape index (κ3) is 4.18. The van der Waals surface area contributed by atoms with E-state index in [1.165, 1.54) is 37.1 Å². The molecule has 2 heterocycles. The number of fused-ring (bicyclic) bond motifs is 1. The number of pyridine rings is 1. The van der Waals surface area contributed by atoms with Crippen molar-refractivity contribution in [2.75, 3.05) is 16.3 Å². The largest absolute Gasteiger partial charge is 0.354 e. The van der Waals surface area contributed by atoms with Crippen LogP contribution in [0.25, 0.3) is 16.7 Å². The van der Waals surface area contributed by atoms with Crippen LogP contribution in [0.3, 0.4) is 0 Å². The molecule has 0 aliphatic rings. The van der Waals surface area contributed by atoms with E-state index in [4.69, 9.17) is 0 Å². The number of hydrogen-bond acceptors (Lipinski definition) is 5. The van der Waals surface area contributed by atoms with Gasteiger partial charge in [-0.3, -0.25) is 18.7 Å². The molecule has 0 fully saturated rings. The Kier molecular flexibility index (Phi) is 6.20. The maximum absolute atomic E-state index is 15.0. The lowest BCUT2D eigenvalue weighted by Crippen LogP contribution is -2.41. The summed E-state index contributed by atoms with van der Waals surface area (Å²) >= 11 is 0. The van der Waals surface area contributed by atoms with Crippen molar-refractivity contribution in [3.05, 3.63) is 90.6 Å². The van der Waals surface area contributed by atoms with E-state index in [2.05, 4.69) is 10.0 Å². The predicted octanol–water partition coefficient (Wildman–Crippen LogP) is 2.59. The van der Waals surface area contributed by atoms with Crippen molar-refractivity contribution in [3.8, 4) is 5.69 Å². The normalized spacial score (nSPS) is 12.1. The summed E-state index contributed by atoms with van der Waals surface area (Å²) in [4.78, 5) is 39.7. The third-order valence-corrected chi connectivity index (χ3v) is 6.26. The van der Waals surface area contributed by atoms with Crippen molar-refractivity contribution in [2.24, 2.45) is 14.1 Å². The molecule has 2 N–H and O–H groups in total. The topological polar surface area (TPSA) is 107 Å². The summed E-state index contributed by atoms with van der Waals surface area (Å²) in [5.74, 6) is -0.666. The van der Waals surface area contributed by atoms with Gasteiger partial charge in [0, 0.05) is 37.3 Å². The van der Waals surface area contributed by atoms with Crippen LogP contribution in [0.4, 0.5) is 21.5 Å². The van der Waals surface area contributed by atoms with Crippen LogP contribution in [0.1, 0.15) is 11.1 Å². The molecule has 0 aliphatic heterocycles. The fourth-order valence-electron chi connectivity index (χ4n) is 4.02. The second-order valence-corrected chi connectivity index (χ2v) is 9.37. The lowest BCUT2D eigenvalue weighted by atomic mass is 10.1. The Morgan fingerprint density at radius 3 is 2.26 bits per heavy atom. The second kappa shape index (κ2) is 8.99. The first-order valence-corrected chi connectivity index (χ1v) is 12.2. The molecule has 9 nitrogen and oxygen atoms in total. The highest BCUT2D eigenvalue weighted by atomic mass is 32.2. The lowest BCUT2D eigenvalue weighted by Gasteiger charge is -2.20. The first kappa shape index (κ1) is 24.1. The fraction of sp³-hybridized carbons (Fsp3) is 0.208. The van der Waals surface area contributed by atoms with Crippen LogP contribution in [0, 0.1) is 19.7 Å². The van der Waals surface area contributed by atoms with Crippen LogP contribution in [0.5, 0.6) is 0 Å². The molecule has 4 aromatic rings. The molecule has 0 radical (unpaired) electrons. The Balaban J connectivity index is 2.10. The summed E-state index contributed by atoms with van der Waals surface area (Å²) in [6, 6.07) is 11.2. The zero-order valence-corrected chi connectivity index (χ0v) is 20.6. The fourth-order valence-corrected chi connectivity index (χ4v) is 4.48. The van der Waals surface area contributed by atoms with Crippen molar-refractivity contribution in [2.45, 2.75) is 13.8 Å². The number of rotatable bonds is 5. The highest BCUT2D eigenvalue weighted by Crippen LogP contribution is 2.28. The quantitative estimate of drug-likeness (QED) is 0.441. The zero-order chi connectivity index (χ0) is 25.6. The molecule has 0 spiro atoms. The van der Waals surface area contributed by atoms with Gasteiger partial charge in [0.05, 0.1) is 11.4 Å². The van der Waals surface area contributed by atoms with Crippen LogP contribution < -0.4 is 26.8 Å². The van der Waals surface area contributed by atoms with Crippen LogP contribution >= 0.6 is 0 Å². The first-order valence-electron chi connectivity index (χ1n) is 10.6. The van der Waals surface area contributed by atoms with Gasteiger partial charge in [-0.1, -0.05) is 12.1 Å². The average molecular weight is 498 g/mol. The molecule has 1 unspecified atom stereocenters. The number of aryl methyl sites for hydroxylation is 2. The summed E-state index contributed by atoms with van der Waals surface area (Å²) in [5, 5.41) is 3.16.